The fourth-order valence-electron chi connectivity index (χ4n) is 2.33. The van der Waals surface area contributed by atoms with E-state index >= 15 is 0 Å². The molecule has 0 aliphatic carbocycles. The number of piperidine rings is 1. The average molecular weight is 271 g/mol. The van der Waals surface area contributed by atoms with Crippen LogP contribution in [0.4, 0.5) is 0 Å². The Kier molecular flexibility index (Phi) is 7.78. The Morgan fingerprint density at radius 1 is 1.42 bits per heavy atom. The van der Waals surface area contributed by atoms with E-state index in [9.17, 15) is 0 Å². The zero-order valence-corrected chi connectivity index (χ0v) is 12.6. The minimum Gasteiger partial charge on any atom is -0.382 e. The van der Waals surface area contributed by atoms with E-state index in [4.69, 9.17) is 10.6 Å². The SMILES string of the molecule is CCOCCCN=C(NN)N1CCC(N(C)C)CC1. The van der Waals surface area contributed by atoms with Crippen LogP contribution in [0.25, 0.3) is 0 Å². The van der Waals surface area contributed by atoms with E-state index in [2.05, 4.69) is 34.3 Å². The first kappa shape index (κ1) is 16.2. The van der Waals surface area contributed by atoms with E-state index in [0.29, 0.717) is 6.04 Å². The number of hydrogen-bond donors (Lipinski definition) is 2. The Morgan fingerprint density at radius 3 is 2.63 bits per heavy atom. The van der Waals surface area contributed by atoms with Crippen molar-refractivity contribution >= 4 is 5.96 Å². The highest BCUT2D eigenvalue weighted by Crippen LogP contribution is 2.13. The van der Waals surface area contributed by atoms with E-state index in [1.54, 1.807) is 0 Å². The van der Waals surface area contributed by atoms with Gasteiger partial charge in [-0.3, -0.25) is 10.4 Å². The summed E-state index contributed by atoms with van der Waals surface area (Å²) in [6.07, 6.45) is 3.26. The number of nitrogens with zero attached hydrogens (tertiary/aromatic N) is 3. The molecule has 3 N–H and O–H groups in total. The molecule has 0 saturated carbocycles. The molecule has 1 fully saturated rings. The zero-order valence-electron chi connectivity index (χ0n) is 12.6. The van der Waals surface area contributed by atoms with Crippen LogP contribution in [0, 0.1) is 0 Å². The van der Waals surface area contributed by atoms with Crippen LogP contribution in [-0.4, -0.2) is 68.7 Å². The molecular formula is C13H29N5O. The number of aliphatic imine (C=N–C) groups is 1. The molecule has 0 radical (unpaired) electrons. The van der Waals surface area contributed by atoms with Gasteiger partial charge in [-0.25, -0.2) is 5.84 Å². The molecule has 6 nitrogen and oxygen atoms in total. The number of hydrogen-bond acceptors (Lipinski definition) is 4. The second-order valence-corrected chi connectivity index (χ2v) is 5.08. The number of rotatable bonds is 6. The van der Waals surface area contributed by atoms with Crippen molar-refractivity contribution in [2.45, 2.75) is 32.2 Å². The Balaban J connectivity index is 2.33. The van der Waals surface area contributed by atoms with E-state index in [-0.39, 0.29) is 0 Å². The fourth-order valence-corrected chi connectivity index (χ4v) is 2.33. The molecule has 0 amide bonds. The lowest BCUT2D eigenvalue weighted by molar-refractivity contribution is 0.146. The number of guanidine groups is 1. The summed E-state index contributed by atoms with van der Waals surface area (Å²) in [5.41, 5.74) is 2.73. The predicted octanol–water partition coefficient (Wildman–Crippen LogP) is 0.258. The van der Waals surface area contributed by atoms with Crippen LogP contribution < -0.4 is 11.3 Å². The van der Waals surface area contributed by atoms with Crippen molar-refractivity contribution in [1.82, 2.24) is 15.2 Å². The first-order valence-corrected chi connectivity index (χ1v) is 7.19. The van der Waals surface area contributed by atoms with Crippen molar-refractivity contribution < 1.29 is 4.74 Å². The van der Waals surface area contributed by atoms with Crippen LogP contribution in [-0.2, 0) is 4.74 Å². The number of ether oxygens (including phenoxy) is 1. The van der Waals surface area contributed by atoms with Gasteiger partial charge in [-0.2, -0.15) is 0 Å². The van der Waals surface area contributed by atoms with Gasteiger partial charge in [0.2, 0.25) is 5.96 Å². The Morgan fingerprint density at radius 2 is 2.11 bits per heavy atom. The summed E-state index contributed by atoms with van der Waals surface area (Å²) in [6.45, 7) is 6.32. The lowest BCUT2D eigenvalue weighted by atomic mass is 10.0. The van der Waals surface area contributed by atoms with E-state index in [1.807, 2.05) is 6.92 Å². The Labute approximate surface area is 117 Å². The molecule has 112 valence electrons. The highest BCUT2D eigenvalue weighted by molar-refractivity contribution is 5.79. The van der Waals surface area contributed by atoms with Crippen LogP contribution in [0.1, 0.15) is 26.2 Å². The third kappa shape index (κ3) is 5.76. The summed E-state index contributed by atoms with van der Waals surface area (Å²) in [4.78, 5) is 9.05. The molecule has 0 spiro atoms. The maximum atomic E-state index is 5.57. The van der Waals surface area contributed by atoms with Crippen molar-refractivity contribution in [2.24, 2.45) is 10.8 Å². The normalized spacial score (nSPS) is 18.2. The van der Waals surface area contributed by atoms with Crippen LogP contribution >= 0.6 is 0 Å². The van der Waals surface area contributed by atoms with Crippen LogP contribution in [0.15, 0.2) is 4.99 Å². The monoisotopic (exact) mass is 271 g/mol. The lowest BCUT2D eigenvalue weighted by Crippen LogP contribution is -2.50. The molecule has 19 heavy (non-hydrogen) atoms. The summed E-state index contributed by atoms with van der Waals surface area (Å²) < 4.78 is 5.29. The van der Waals surface area contributed by atoms with Crippen LogP contribution in [0.5, 0.6) is 0 Å². The molecule has 0 atom stereocenters. The summed E-state index contributed by atoms with van der Waals surface area (Å²) in [5.74, 6) is 6.39. The first-order chi connectivity index (χ1) is 9.19. The molecule has 1 heterocycles. The number of nitrogens with one attached hydrogen (secondary N) is 1. The highest BCUT2D eigenvalue weighted by atomic mass is 16.5. The minimum atomic E-state index is 0.674. The molecular weight excluding hydrogens is 242 g/mol. The number of nitrogens with two attached hydrogens (primary N) is 1. The first-order valence-electron chi connectivity index (χ1n) is 7.19. The molecule has 0 bridgehead atoms. The van der Waals surface area contributed by atoms with Gasteiger partial charge in [0, 0.05) is 38.9 Å². The molecule has 1 aliphatic heterocycles. The molecule has 1 aliphatic rings. The van der Waals surface area contributed by atoms with Gasteiger partial charge in [0.15, 0.2) is 0 Å². The van der Waals surface area contributed by atoms with Crippen molar-refractivity contribution in [3.05, 3.63) is 0 Å². The summed E-state index contributed by atoms with van der Waals surface area (Å²) in [5, 5.41) is 0. The third-order valence-electron chi connectivity index (χ3n) is 3.54. The zero-order chi connectivity index (χ0) is 14.1. The standard InChI is InChI=1S/C13H29N5O/c1-4-19-11-5-8-15-13(16-14)18-9-6-12(7-10-18)17(2)3/h12H,4-11,14H2,1-3H3,(H,15,16). The molecule has 0 unspecified atom stereocenters. The topological polar surface area (TPSA) is 66.1 Å². The van der Waals surface area contributed by atoms with Crippen molar-refractivity contribution in [2.75, 3.05) is 46.9 Å². The number of likely N-dealkylation sites (tertiary alicyclic amines) is 1. The quantitative estimate of drug-likeness (QED) is 0.238. The fraction of sp³-hybridized carbons (Fsp3) is 0.923. The molecule has 6 heteroatoms. The largest absolute Gasteiger partial charge is 0.382 e. The maximum Gasteiger partial charge on any atom is 0.208 e. The molecule has 1 saturated heterocycles. The highest BCUT2D eigenvalue weighted by Gasteiger charge is 2.22. The average Bonchev–Trinajstić information content (AvgIpc) is 2.43. The molecule has 0 aromatic rings. The van der Waals surface area contributed by atoms with Crippen molar-refractivity contribution in [3.63, 3.8) is 0 Å². The van der Waals surface area contributed by atoms with Crippen LogP contribution in [0.2, 0.25) is 0 Å². The predicted molar refractivity (Wildman–Crippen MR) is 79.0 cm³/mol. The van der Waals surface area contributed by atoms with Gasteiger partial charge in [-0.15, -0.1) is 0 Å². The second-order valence-electron chi connectivity index (χ2n) is 5.08. The Hall–Kier alpha value is -0.850. The third-order valence-corrected chi connectivity index (χ3v) is 3.54. The summed E-state index contributed by atoms with van der Waals surface area (Å²) in [7, 11) is 4.29. The van der Waals surface area contributed by atoms with Crippen molar-refractivity contribution in [1.29, 1.82) is 0 Å². The summed E-state index contributed by atoms with van der Waals surface area (Å²) in [6, 6.07) is 0.674. The van der Waals surface area contributed by atoms with Crippen LogP contribution in [0.3, 0.4) is 0 Å². The number of hydrazine groups is 1. The van der Waals surface area contributed by atoms with Crippen molar-refractivity contribution in [3.8, 4) is 0 Å². The lowest BCUT2D eigenvalue weighted by Gasteiger charge is -2.36. The second kappa shape index (κ2) is 9.12. The maximum absolute atomic E-state index is 5.57. The van der Waals surface area contributed by atoms with Gasteiger partial charge in [0.1, 0.15) is 0 Å². The van der Waals surface area contributed by atoms with Gasteiger partial charge < -0.3 is 14.5 Å². The molecule has 1 rings (SSSR count). The smallest absolute Gasteiger partial charge is 0.208 e. The van der Waals surface area contributed by atoms with Gasteiger partial charge >= 0.3 is 0 Å². The van der Waals surface area contributed by atoms with E-state index < -0.39 is 0 Å². The van der Waals surface area contributed by atoms with E-state index in [0.717, 1.165) is 58.1 Å². The molecule has 0 aromatic heterocycles. The van der Waals surface area contributed by atoms with Gasteiger partial charge in [-0.05, 0) is 40.3 Å². The minimum absolute atomic E-state index is 0.674. The van der Waals surface area contributed by atoms with E-state index in [1.165, 1.54) is 0 Å². The van der Waals surface area contributed by atoms with Gasteiger partial charge in [0.05, 0.1) is 0 Å². The molecule has 0 aromatic carbocycles. The Bertz CT molecular complexity index is 262. The van der Waals surface area contributed by atoms with Gasteiger partial charge in [0.25, 0.3) is 0 Å². The van der Waals surface area contributed by atoms with Gasteiger partial charge in [-0.1, -0.05) is 0 Å². The summed E-state index contributed by atoms with van der Waals surface area (Å²) >= 11 is 0.